The van der Waals surface area contributed by atoms with E-state index >= 15 is 0 Å². The number of aliphatic hydroxyl groups excluding tert-OH is 2. The van der Waals surface area contributed by atoms with Gasteiger partial charge in [0, 0.05) is 23.1 Å². The molecule has 2 unspecified atom stereocenters. The molecule has 2 amide bonds. The second-order valence-corrected chi connectivity index (χ2v) is 14.3. The predicted molar refractivity (Wildman–Crippen MR) is 146 cm³/mol. The molecule has 0 aliphatic carbocycles. The standard InChI is InChI=1S/C23H38N3O9PS2/c1-13(2)35-20(29)15(4)25-36(32,33-10-11-37-21(30)23(5,6)7)34-12-16-17(27)18(28)19(38-16)26-9-8-14(3)24-22(26)31/h8-9,13,15-19,27-28H,3,10-12H2,1-2,4-7H3,(H,24,31)(H,25,32)/t15?,16-,17-,18-,19-,36?/m1/s1. The zero-order chi connectivity index (χ0) is 28.8. The zero-order valence-electron chi connectivity index (χ0n) is 22.4. The van der Waals surface area contributed by atoms with Crippen molar-refractivity contribution < 1.29 is 42.9 Å². The van der Waals surface area contributed by atoms with Crippen molar-refractivity contribution in [1.29, 1.82) is 0 Å². The molecule has 0 bridgehead atoms. The van der Waals surface area contributed by atoms with Gasteiger partial charge in [0.2, 0.25) is 0 Å². The fourth-order valence-corrected chi connectivity index (χ4v) is 7.14. The lowest BCUT2D eigenvalue weighted by atomic mass is 10.00. The van der Waals surface area contributed by atoms with Crippen LogP contribution in [-0.2, 0) is 27.9 Å². The van der Waals surface area contributed by atoms with E-state index in [9.17, 15) is 29.2 Å². The van der Waals surface area contributed by atoms with E-state index < -0.39 is 60.1 Å². The van der Waals surface area contributed by atoms with E-state index in [2.05, 4.69) is 17.0 Å². The Kier molecular flexibility index (Phi) is 11.9. The van der Waals surface area contributed by atoms with E-state index in [4.69, 9.17) is 13.8 Å². The number of aliphatic hydroxyl groups is 2. The number of hydrogen-bond donors (Lipinski definition) is 4. The van der Waals surface area contributed by atoms with Gasteiger partial charge in [-0.05, 0) is 26.8 Å². The smallest absolute Gasteiger partial charge is 0.406 e. The highest BCUT2D eigenvalue weighted by molar-refractivity contribution is 8.13. The Morgan fingerprint density at radius 3 is 2.50 bits per heavy atom. The summed E-state index contributed by atoms with van der Waals surface area (Å²) < 4.78 is 29.8. The van der Waals surface area contributed by atoms with Crippen LogP contribution in [0, 0.1) is 5.41 Å². The zero-order valence-corrected chi connectivity index (χ0v) is 24.9. The number of ether oxygens (including phenoxy) is 1. The Bertz CT molecular complexity index is 972. The largest absolute Gasteiger partial charge is 0.462 e. The number of hydrogen-bond acceptors (Lipinski definition) is 11. The summed E-state index contributed by atoms with van der Waals surface area (Å²) in [6.45, 7) is 13.3. The van der Waals surface area contributed by atoms with E-state index in [1.54, 1.807) is 40.7 Å². The molecule has 0 saturated carbocycles. The third-order valence-corrected chi connectivity index (χ3v) is 9.72. The van der Waals surface area contributed by atoms with Gasteiger partial charge in [0.1, 0.15) is 17.5 Å². The SMILES string of the molecule is C=C1C=CN([C@@H]2S[C@H](COP(=O)(NC(C)C(=O)OC(C)C)OCCSC(=O)C(C)(C)C)[C@@H](O)[C@H]2O)C(=O)N1. The first kappa shape index (κ1) is 32.8. The molecule has 4 N–H and O–H groups in total. The molecule has 2 rings (SSSR count). The van der Waals surface area contributed by atoms with Crippen LogP contribution in [0.15, 0.2) is 24.6 Å². The summed E-state index contributed by atoms with van der Waals surface area (Å²) in [7, 11) is -4.14. The van der Waals surface area contributed by atoms with Crippen molar-refractivity contribution in [3.05, 3.63) is 24.6 Å². The second kappa shape index (κ2) is 13.8. The van der Waals surface area contributed by atoms with E-state index in [1.165, 1.54) is 18.0 Å². The van der Waals surface area contributed by atoms with Gasteiger partial charge in [-0.15, -0.1) is 11.8 Å². The van der Waals surface area contributed by atoms with Gasteiger partial charge in [0.25, 0.3) is 0 Å². The maximum absolute atomic E-state index is 13.6. The fourth-order valence-electron chi connectivity index (χ4n) is 3.19. The lowest BCUT2D eigenvalue weighted by molar-refractivity contribution is -0.149. The minimum absolute atomic E-state index is 0.0661. The van der Waals surface area contributed by atoms with Crippen LogP contribution in [0.1, 0.15) is 41.5 Å². The van der Waals surface area contributed by atoms with Gasteiger partial charge in [-0.2, -0.15) is 0 Å². The van der Waals surface area contributed by atoms with Crippen LogP contribution in [-0.4, -0.2) is 86.2 Å². The summed E-state index contributed by atoms with van der Waals surface area (Å²) in [6, 6.07) is -1.57. The Balaban J connectivity index is 2.07. The van der Waals surface area contributed by atoms with Gasteiger partial charge in [0.15, 0.2) is 5.12 Å². The van der Waals surface area contributed by atoms with E-state index in [-0.39, 0.29) is 24.1 Å². The van der Waals surface area contributed by atoms with Crippen molar-refractivity contribution >= 4 is 48.4 Å². The predicted octanol–water partition coefficient (Wildman–Crippen LogP) is 2.58. The van der Waals surface area contributed by atoms with E-state index in [0.717, 1.165) is 23.5 Å². The quantitative estimate of drug-likeness (QED) is 0.148. The van der Waals surface area contributed by atoms with Gasteiger partial charge in [0.05, 0.1) is 30.7 Å². The van der Waals surface area contributed by atoms with Crippen LogP contribution in [0.2, 0.25) is 0 Å². The first-order valence-electron chi connectivity index (χ1n) is 12.1. The molecular formula is C23H38N3O9PS2. The molecule has 15 heteroatoms. The summed E-state index contributed by atoms with van der Waals surface area (Å²) in [6.07, 6.45) is -0.0193. The van der Waals surface area contributed by atoms with Gasteiger partial charge >= 0.3 is 19.7 Å². The third-order valence-electron chi connectivity index (χ3n) is 5.21. The lowest BCUT2D eigenvalue weighted by Crippen LogP contribution is -2.48. The number of thioether (sulfide) groups is 2. The molecular weight excluding hydrogens is 557 g/mol. The lowest BCUT2D eigenvalue weighted by Gasteiger charge is -2.30. The van der Waals surface area contributed by atoms with Crippen LogP contribution < -0.4 is 10.4 Å². The number of carbonyl (C=O) groups is 3. The maximum Gasteiger partial charge on any atom is 0.406 e. The highest BCUT2D eigenvalue weighted by Gasteiger charge is 2.47. The van der Waals surface area contributed by atoms with Crippen molar-refractivity contribution in [1.82, 2.24) is 15.3 Å². The molecule has 0 aromatic carbocycles. The monoisotopic (exact) mass is 595 g/mol. The van der Waals surface area contributed by atoms with Gasteiger partial charge < -0.3 is 20.3 Å². The topological polar surface area (TPSA) is 164 Å². The Morgan fingerprint density at radius 1 is 1.26 bits per heavy atom. The van der Waals surface area contributed by atoms with Crippen LogP contribution in [0.25, 0.3) is 0 Å². The molecule has 216 valence electrons. The number of esters is 1. The van der Waals surface area contributed by atoms with Crippen molar-refractivity contribution in [3.63, 3.8) is 0 Å². The number of carbonyl (C=O) groups excluding carboxylic acids is 3. The van der Waals surface area contributed by atoms with Gasteiger partial charge in [-0.25, -0.2) is 14.4 Å². The number of rotatable bonds is 12. The van der Waals surface area contributed by atoms with Crippen molar-refractivity contribution in [2.24, 2.45) is 5.41 Å². The molecule has 6 atom stereocenters. The first-order chi connectivity index (χ1) is 17.5. The molecule has 12 nitrogen and oxygen atoms in total. The van der Waals surface area contributed by atoms with Gasteiger partial charge in [-0.3, -0.25) is 23.5 Å². The van der Waals surface area contributed by atoms with Crippen molar-refractivity contribution in [2.75, 3.05) is 19.0 Å². The van der Waals surface area contributed by atoms with Crippen molar-refractivity contribution in [3.8, 4) is 0 Å². The molecule has 0 aromatic rings. The molecule has 38 heavy (non-hydrogen) atoms. The molecule has 2 aliphatic heterocycles. The molecule has 1 fully saturated rings. The molecule has 2 heterocycles. The van der Waals surface area contributed by atoms with Crippen molar-refractivity contribution in [2.45, 2.75) is 76.5 Å². The molecule has 0 aromatic heterocycles. The molecule has 0 spiro atoms. The average Bonchev–Trinajstić information content (AvgIpc) is 3.08. The number of nitrogens with one attached hydrogen (secondary N) is 2. The van der Waals surface area contributed by atoms with Crippen LogP contribution >= 0.6 is 31.3 Å². The Morgan fingerprint density at radius 2 is 1.92 bits per heavy atom. The number of urea groups is 1. The number of allylic oxidation sites excluding steroid dienone is 1. The first-order valence-corrected chi connectivity index (χ1v) is 15.5. The molecule has 2 aliphatic rings. The summed E-state index contributed by atoms with van der Waals surface area (Å²) >= 11 is 2.09. The number of amides is 2. The fraction of sp³-hybridized carbons (Fsp3) is 0.696. The Labute approximate surface area is 231 Å². The summed E-state index contributed by atoms with van der Waals surface area (Å²) in [5.74, 6) is -0.473. The molecule has 0 radical (unpaired) electrons. The van der Waals surface area contributed by atoms with Crippen LogP contribution in [0.4, 0.5) is 4.79 Å². The highest BCUT2D eigenvalue weighted by Crippen LogP contribution is 2.47. The van der Waals surface area contributed by atoms with Gasteiger partial charge in [-0.1, -0.05) is 39.1 Å². The minimum Gasteiger partial charge on any atom is -0.462 e. The molecule has 1 saturated heterocycles. The third kappa shape index (κ3) is 9.37. The Hall–Kier alpha value is -1.38. The average molecular weight is 596 g/mol. The summed E-state index contributed by atoms with van der Waals surface area (Å²) in [5.41, 5.74) is -0.167. The maximum atomic E-state index is 13.6. The van der Waals surface area contributed by atoms with E-state index in [1.807, 2.05) is 0 Å². The minimum atomic E-state index is -4.14. The second-order valence-electron chi connectivity index (χ2n) is 10.1. The van der Waals surface area contributed by atoms with Crippen LogP contribution in [0.3, 0.4) is 0 Å². The summed E-state index contributed by atoms with van der Waals surface area (Å²) in [4.78, 5) is 38.0. The highest BCUT2D eigenvalue weighted by atomic mass is 32.2. The van der Waals surface area contributed by atoms with E-state index in [0.29, 0.717) is 5.70 Å². The summed E-state index contributed by atoms with van der Waals surface area (Å²) in [5, 5.41) is 24.6. The number of nitrogens with zero attached hydrogens (tertiary/aromatic N) is 1. The van der Waals surface area contributed by atoms with Crippen LogP contribution in [0.5, 0.6) is 0 Å². The normalized spacial score (nSPS) is 26.3.